The molecule has 0 aromatic heterocycles. The Morgan fingerprint density at radius 2 is 1.84 bits per heavy atom. The van der Waals surface area contributed by atoms with Crippen molar-refractivity contribution in [1.82, 2.24) is 5.32 Å². The molecule has 1 saturated heterocycles. The first kappa shape index (κ1) is 19.3. The molecule has 0 aliphatic carbocycles. The molecule has 0 bridgehead atoms. The summed E-state index contributed by atoms with van der Waals surface area (Å²) in [4.78, 5) is 26.9. The van der Waals surface area contributed by atoms with Crippen LogP contribution in [0.3, 0.4) is 0 Å². The molecule has 0 atom stereocenters. The molecule has 1 heterocycles. The molecule has 1 aliphatic rings. The maximum atomic E-state index is 12.6. The van der Waals surface area contributed by atoms with Gasteiger partial charge in [-0.1, -0.05) is 20.3 Å². The number of unbranched alkanes of at least 4 members (excludes halogenated alkanes) is 1. The molecule has 1 aromatic carbocycles. The quantitative estimate of drug-likeness (QED) is 0.750. The third-order valence-corrected chi connectivity index (χ3v) is 4.51. The van der Waals surface area contributed by atoms with Gasteiger partial charge in [0.25, 0.3) is 5.91 Å². The van der Waals surface area contributed by atoms with Gasteiger partial charge in [0, 0.05) is 37.4 Å². The number of nitrogens with zero attached hydrogens (tertiary/aromatic N) is 1. The molecule has 5 nitrogen and oxygen atoms in total. The number of anilines is 2. The molecule has 5 heteroatoms. The summed E-state index contributed by atoms with van der Waals surface area (Å²) < 4.78 is 0. The van der Waals surface area contributed by atoms with Crippen LogP contribution in [0.25, 0.3) is 0 Å². The van der Waals surface area contributed by atoms with Crippen LogP contribution in [0.5, 0.6) is 0 Å². The molecule has 0 unspecified atom stereocenters. The SMILES string of the molecule is CCCCC(=O)Nc1ccc(N2CCCCC2)c(C(=O)NCCC)c1. The summed E-state index contributed by atoms with van der Waals surface area (Å²) in [6, 6.07) is 5.70. The molecule has 2 amide bonds. The molecular weight excluding hydrogens is 314 g/mol. The number of piperidine rings is 1. The Labute approximate surface area is 151 Å². The van der Waals surface area contributed by atoms with E-state index in [9.17, 15) is 9.59 Å². The third-order valence-electron chi connectivity index (χ3n) is 4.51. The van der Waals surface area contributed by atoms with Gasteiger partial charge in [0.2, 0.25) is 5.91 Å². The van der Waals surface area contributed by atoms with E-state index in [2.05, 4.69) is 22.5 Å². The lowest BCUT2D eigenvalue weighted by atomic mass is 10.1. The fourth-order valence-electron chi connectivity index (χ4n) is 3.10. The van der Waals surface area contributed by atoms with Crippen LogP contribution in [0.1, 0.15) is 69.2 Å². The zero-order valence-corrected chi connectivity index (χ0v) is 15.6. The van der Waals surface area contributed by atoms with Gasteiger partial charge in [0.15, 0.2) is 0 Å². The molecule has 0 radical (unpaired) electrons. The van der Waals surface area contributed by atoms with Gasteiger partial charge in [-0.25, -0.2) is 0 Å². The van der Waals surface area contributed by atoms with Crippen molar-refractivity contribution < 1.29 is 9.59 Å². The van der Waals surface area contributed by atoms with Crippen molar-refractivity contribution in [2.75, 3.05) is 29.9 Å². The number of nitrogens with one attached hydrogen (secondary N) is 2. The first-order chi connectivity index (χ1) is 12.2. The predicted molar refractivity (Wildman–Crippen MR) is 103 cm³/mol. The minimum absolute atomic E-state index is 0.00693. The average molecular weight is 345 g/mol. The molecule has 138 valence electrons. The fraction of sp³-hybridized carbons (Fsp3) is 0.600. The highest BCUT2D eigenvalue weighted by molar-refractivity contribution is 6.02. The minimum Gasteiger partial charge on any atom is -0.371 e. The Morgan fingerprint density at radius 1 is 1.08 bits per heavy atom. The van der Waals surface area contributed by atoms with Gasteiger partial charge in [0.1, 0.15) is 0 Å². The van der Waals surface area contributed by atoms with Crippen LogP contribution in [0.4, 0.5) is 11.4 Å². The number of hydrogen-bond acceptors (Lipinski definition) is 3. The maximum Gasteiger partial charge on any atom is 0.253 e. The van der Waals surface area contributed by atoms with E-state index in [0.717, 1.165) is 50.9 Å². The molecular formula is C20H31N3O2. The van der Waals surface area contributed by atoms with Crippen molar-refractivity contribution in [3.05, 3.63) is 23.8 Å². The molecule has 1 aromatic rings. The minimum atomic E-state index is -0.0629. The summed E-state index contributed by atoms with van der Waals surface area (Å²) in [6.07, 6.45) is 6.85. The van der Waals surface area contributed by atoms with E-state index in [1.54, 1.807) is 0 Å². The van der Waals surface area contributed by atoms with Crippen molar-refractivity contribution in [3.8, 4) is 0 Å². The van der Waals surface area contributed by atoms with E-state index in [1.165, 1.54) is 6.42 Å². The number of carbonyl (C=O) groups is 2. The molecule has 1 aliphatic heterocycles. The van der Waals surface area contributed by atoms with Crippen molar-refractivity contribution in [2.24, 2.45) is 0 Å². The summed E-state index contributed by atoms with van der Waals surface area (Å²) >= 11 is 0. The number of benzene rings is 1. The van der Waals surface area contributed by atoms with Crippen LogP contribution < -0.4 is 15.5 Å². The summed E-state index contributed by atoms with van der Waals surface area (Å²) in [5.74, 6) is -0.0560. The Kier molecular flexibility index (Phi) is 7.76. The molecule has 2 rings (SSSR count). The zero-order valence-electron chi connectivity index (χ0n) is 15.6. The first-order valence-corrected chi connectivity index (χ1v) is 9.62. The lowest BCUT2D eigenvalue weighted by Crippen LogP contribution is -2.33. The largest absolute Gasteiger partial charge is 0.371 e. The maximum absolute atomic E-state index is 12.6. The second-order valence-electron chi connectivity index (χ2n) is 6.69. The topological polar surface area (TPSA) is 61.4 Å². The van der Waals surface area contributed by atoms with Gasteiger partial charge in [-0.3, -0.25) is 9.59 Å². The highest BCUT2D eigenvalue weighted by Gasteiger charge is 2.19. The van der Waals surface area contributed by atoms with E-state index < -0.39 is 0 Å². The molecule has 25 heavy (non-hydrogen) atoms. The number of hydrogen-bond donors (Lipinski definition) is 2. The van der Waals surface area contributed by atoms with Crippen LogP contribution in [-0.2, 0) is 4.79 Å². The standard InChI is InChI=1S/C20H31N3O2/c1-3-5-9-19(24)22-16-10-11-18(23-13-7-6-8-14-23)17(15-16)20(25)21-12-4-2/h10-11,15H,3-9,12-14H2,1-2H3,(H,21,25)(H,22,24). The average Bonchev–Trinajstić information content (AvgIpc) is 2.65. The van der Waals surface area contributed by atoms with Crippen molar-refractivity contribution in [3.63, 3.8) is 0 Å². The monoisotopic (exact) mass is 345 g/mol. The lowest BCUT2D eigenvalue weighted by molar-refractivity contribution is -0.116. The van der Waals surface area contributed by atoms with Crippen molar-refractivity contribution in [2.45, 2.75) is 58.8 Å². The highest BCUT2D eigenvalue weighted by atomic mass is 16.2. The van der Waals surface area contributed by atoms with Crippen LogP contribution in [-0.4, -0.2) is 31.4 Å². The van der Waals surface area contributed by atoms with Crippen LogP contribution >= 0.6 is 0 Å². The Hall–Kier alpha value is -2.04. The van der Waals surface area contributed by atoms with Crippen LogP contribution in [0, 0.1) is 0 Å². The van der Waals surface area contributed by atoms with Crippen LogP contribution in [0.2, 0.25) is 0 Å². The first-order valence-electron chi connectivity index (χ1n) is 9.62. The van der Waals surface area contributed by atoms with Gasteiger partial charge in [-0.05, 0) is 50.3 Å². The molecule has 2 N–H and O–H groups in total. The third kappa shape index (κ3) is 5.76. The second kappa shape index (κ2) is 10.1. The van der Waals surface area contributed by atoms with Crippen LogP contribution in [0.15, 0.2) is 18.2 Å². The Balaban J connectivity index is 2.20. The highest BCUT2D eigenvalue weighted by Crippen LogP contribution is 2.27. The van der Waals surface area contributed by atoms with E-state index in [1.807, 2.05) is 25.1 Å². The number of amides is 2. The summed E-state index contributed by atoms with van der Waals surface area (Å²) in [5.41, 5.74) is 2.33. The van der Waals surface area contributed by atoms with Crippen molar-refractivity contribution in [1.29, 1.82) is 0 Å². The second-order valence-corrected chi connectivity index (χ2v) is 6.69. The van der Waals surface area contributed by atoms with Gasteiger partial charge in [-0.15, -0.1) is 0 Å². The van der Waals surface area contributed by atoms with Gasteiger partial charge in [0.05, 0.1) is 5.56 Å². The Bertz CT molecular complexity index is 580. The van der Waals surface area contributed by atoms with E-state index in [-0.39, 0.29) is 11.8 Å². The smallest absolute Gasteiger partial charge is 0.253 e. The molecule has 0 spiro atoms. The van der Waals surface area contributed by atoms with Gasteiger partial charge < -0.3 is 15.5 Å². The number of carbonyl (C=O) groups excluding carboxylic acids is 2. The molecule has 0 saturated carbocycles. The van der Waals surface area contributed by atoms with Crippen molar-refractivity contribution >= 4 is 23.2 Å². The predicted octanol–water partition coefficient (Wildman–Crippen LogP) is 3.95. The van der Waals surface area contributed by atoms with E-state index in [4.69, 9.17) is 0 Å². The zero-order chi connectivity index (χ0) is 18.1. The molecule has 1 fully saturated rings. The summed E-state index contributed by atoms with van der Waals surface area (Å²) in [6.45, 7) is 6.73. The normalized spacial score (nSPS) is 14.2. The fourth-order valence-corrected chi connectivity index (χ4v) is 3.10. The summed E-state index contributed by atoms with van der Waals surface area (Å²) in [7, 11) is 0. The lowest BCUT2D eigenvalue weighted by Gasteiger charge is -2.30. The van der Waals surface area contributed by atoms with E-state index >= 15 is 0 Å². The van der Waals surface area contributed by atoms with Gasteiger partial charge in [-0.2, -0.15) is 0 Å². The summed E-state index contributed by atoms with van der Waals surface area (Å²) in [5, 5.41) is 5.89. The Morgan fingerprint density at radius 3 is 2.52 bits per heavy atom. The number of rotatable bonds is 8. The van der Waals surface area contributed by atoms with Gasteiger partial charge >= 0.3 is 0 Å². The van der Waals surface area contributed by atoms with E-state index in [0.29, 0.717) is 24.2 Å².